The highest BCUT2D eigenvalue weighted by Crippen LogP contribution is 2.23. The largest absolute Gasteiger partial charge is 0.494 e. The maximum Gasteiger partial charge on any atom is 0.309 e. The van der Waals surface area contributed by atoms with Gasteiger partial charge in [-0.1, -0.05) is 12.1 Å². The number of carboxylic acids is 1. The maximum atomic E-state index is 11.0. The van der Waals surface area contributed by atoms with Gasteiger partial charge in [-0.2, -0.15) is 0 Å². The molecule has 88 valence electrons. The molecule has 0 saturated carbocycles. The van der Waals surface area contributed by atoms with Crippen LogP contribution in [0.3, 0.4) is 0 Å². The van der Waals surface area contributed by atoms with Gasteiger partial charge in [-0.15, -0.1) is 0 Å². The molecule has 0 bridgehead atoms. The van der Waals surface area contributed by atoms with Crippen LogP contribution < -0.4 is 4.74 Å². The van der Waals surface area contributed by atoms with Crippen LogP contribution in [-0.2, 0) is 11.2 Å². The second-order valence-corrected chi connectivity index (χ2v) is 4.44. The van der Waals surface area contributed by atoms with Crippen molar-refractivity contribution in [2.45, 2.75) is 27.2 Å². The second kappa shape index (κ2) is 5.01. The Kier molecular flexibility index (Phi) is 3.93. The van der Waals surface area contributed by atoms with E-state index in [2.05, 4.69) is 0 Å². The molecule has 0 aliphatic rings. The lowest BCUT2D eigenvalue weighted by Gasteiger charge is -2.19. The van der Waals surface area contributed by atoms with Crippen LogP contribution >= 0.6 is 0 Å². The lowest BCUT2D eigenvalue weighted by molar-refractivity contribution is -0.146. The van der Waals surface area contributed by atoms with Crippen LogP contribution in [0.2, 0.25) is 0 Å². The van der Waals surface area contributed by atoms with E-state index in [9.17, 15) is 4.79 Å². The number of carboxylic acid groups (broad SMARTS) is 1. The summed E-state index contributed by atoms with van der Waals surface area (Å²) in [6, 6.07) is 7.57. The van der Waals surface area contributed by atoms with E-state index in [4.69, 9.17) is 9.84 Å². The van der Waals surface area contributed by atoms with E-state index in [1.54, 1.807) is 13.8 Å². The molecule has 1 N–H and O–H groups in total. The Balaban J connectivity index is 2.72. The number of aliphatic carboxylic acids is 1. The van der Waals surface area contributed by atoms with Gasteiger partial charge >= 0.3 is 5.97 Å². The molecule has 1 aromatic rings. The maximum absolute atomic E-state index is 11.0. The van der Waals surface area contributed by atoms with Crippen LogP contribution in [-0.4, -0.2) is 17.7 Å². The summed E-state index contributed by atoms with van der Waals surface area (Å²) in [5.74, 6) is 0.0424. The van der Waals surface area contributed by atoms with E-state index >= 15 is 0 Å². The third-order valence-electron chi connectivity index (χ3n) is 2.46. The third kappa shape index (κ3) is 3.26. The summed E-state index contributed by atoms with van der Waals surface area (Å²) in [6.45, 7) is 6.03. The van der Waals surface area contributed by atoms with Gasteiger partial charge in [-0.05, 0) is 44.9 Å². The topological polar surface area (TPSA) is 46.5 Å². The highest BCUT2D eigenvalue weighted by molar-refractivity contribution is 5.74. The molecule has 0 radical (unpaired) electrons. The van der Waals surface area contributed by atoms with Crippen molar-refractivity contribution in [2.75, 3.05) is 6.61 Å². The van der Waals surface area contributed by atoms with Crippen molar-refractivity contribution in [3.8, 4) is 5.75 Å². The van der Waals surface area contributed by atoms with Crippen molar-refractivity contribution in [1.82, 2.24) is 0 Å². The Hall–Kier alpha value is -1.51. The zero-order chi connectivity index (χ0) is 12.2. The van der Waals surface area contributed by atoms with Crippen LogP contribution in [0.1, 0.15) is 26.3 Å². The predicted molar refractivity (Wildman–Crippen MR) is 62.7 cm³/mol. The first-order valence-electron chi connectivity index (χ1n) is 5.41. The fourth-order valence-electron chi connectivity index (χ4n) is 1.46. The number of benzene rings is 1. The lowest BCUT2D eigenvalue weighted by atomic mass is 9.86. The average Bonchev–Trinajstić information content (AvgIpc) is 2.21. The minimum Gasteiger partial charge on any atom is -0.494 e. The van der Waals surface area contributed by atoms with Crippen molar-refractivity contribution in [1.29, 1.82) is 0 Å². The van der Waals surface area contributed by atoms with E-state index < -0.39 is 11.4 Å². The summed E-state index contributed by atoms with van der Waals surface area (Å²) in [4.78, 5) is 11.0. The molecule has 3 nitrogen and oxygen atoms in total. The molecular formula is C13H18O3. The summed E-state index contributed by atoms with van der Waals surface area (Å²) in [6.07, 6.45) is 0.523. The summed E-state index contributed by atoms with van der Waals surface area (Å²) in [7, 11) is 0. The minimum absolute atomic E-state index is 0.523. The fraction of sp³-hybridized carbons (Fsp3) is 0.462. The van der Waals surface area contributed by atoms with Crippen molar-refractivity contribution in [2.24, 2.45) is 5.41 Å². The number of rotatable bonds is 5. The molecular weight excluding hydrogens is 204 g/mol. The van der Waals surface area contributed by atoms with E-state index in [1.165, 1.54) is 0 Å². The van der Waals surface area contributed by atoms with Crippen molar-refractivity contribution in [3.05, 3.63) is 29.8 Å². The third-order valence-corrected chi connectivity index (χ3v) is 2.46. The van der Waals surface area contributed by atoms with E-state index in [1.807, 2.05) is 31.2 Å². The van der Waals surface area contributed by atoms with Gasteiger partial charge in [-0.3, -0.25) is 4.79 Å². The van der Waals surface area contributed by atoms with E-state index in [0.717, 1.165) is 11.3 Å². The summed E-state index contributed by atoms with van der Waals surface area (Å²) < 4.78 is 5.32. The first-order chi connectivity index (χ1) is 7.45. The molecule has 0 fully saturated rings. The first-order valence-corrected chi connectivity index (χ1v) is 5.41. The number of ether oxygens (including phenoxy) is 1. The van der Waals surface area contributed by atoms with Gasteiger partial charge in [-0.25, -0.2) is 0 Å². The predicted octanol–water partition coefficient (Wildman–Crippen LogP) is 2.74. The fourth-order valence-corrected chi connectivity index (χ4v) is 1.46. The summed E-state index contributed by atoms with van der Waals surface area (Å²) in [5.41, 5.74) is 0.281. The smallest absolute Gasteiger partial charge is 0.309 e. The van der Waals surface area contributed by atoms with Crippen LogP contribution in [0, 0.1) is 5.41 Å². The van der Waals surface area contributed by atoms with Crippen LogP contribution in [0.25, 0.3) is 0 Å². The van der Waals surface area contributed by atoms with Gasteiger partial charge in [0.2, 0.25) is 0 Å². The molecule has 1 aromatic carbocycles. The molecule has 0 amide bonds. The van der Waals surface area contributed by atoms with Gasteiger partial charge < -0.3 is 9.84 Å². The molecule has 0 aliphatic carbocycles. The Morgan fingerprint density at radius 2 is 1.88 bits per heavy atom. The van der Waals surface area contributed by atoms with E-state index in [-0.39, 0.29) is 0 Å². The standard InChI is InChI=1S/C13H18O3/c1-4-16-11-7-5-10(6-8-11)9-13(2,3)12(14)15/h5-8H,4,9H2,1-3H3,(H,14,15). The molecule has 0 saturated heterocycles. The molecule has 0 spiro atoms. The molecule has 0 heterocycles. The Morgan fingerprint density at radius 3 is 2.31 bits per heavy atom. The highest BCUT2D eigenvalue weighted by Gasteiger charge is 2.27. The van der Waals surface area contributed by atoms with Gasteiger partial charge in [0.15, 0.2) is 0 Å². The highest BCUT2D eigenvalue weighted by atomic mass is 16.5. The van der Waals surface area contributed by atoms with E-state index in [0.29, 0.717) is 13.0 Å². The van der Waals surface area contributed by atoms with Crippen molar-refractivity contribution >= 4 is 5.97 Å². The monoisotopic (exact) mass is 222 g/mol. The van der Waals surface area contributed by atoms with Crippen molar-refractivity contribution in [3.63, 3.8) is 0 Å². The second-order valence-electron chi connectivity index (χ2n) is 4.44. The quantitative estimate of drug-likeness (QED) is 0.833. The number of carbonyl (C=O) groups is 1. The summed E-state index contributed by atoms with van der Waals surface area (Å²) in [5, 5.41) is 9.02. The molecule has 16 heavy (non-hydrogen) atoms. The Bertz CT molecular complexity index is 352. The van der Waals surface area contributed by atoms with Gasteiger partial charge in [0.1, 0.15) is 5.75 Å². The van der Waals surface area contributed by atoms with Gasteiger partial charge in [0.05, 0.1) is 12.0 Å². The van der Waals surface area contributed by atoms with Crippen molar-refractivity contribution < 1.29 is 14.6 Å². The Morgan fingerprint density at radius 1 is 1.31 bits per heavy atom. The Labute approximate surface area is 96.1 Å². The minimum atomic E-state index is -0.776. The lowest BCUT2D eigenvalue weighted by Crippen LogP contribution is -2.26. The molecule has 3 heteroatoms. The zero-order valence-electron chi connectivity index (χ0n) is 9.99. The van der Waals surface area contributed by atoms with Gasteiger partial charge in [0, 0.05) is 0 Å². The molecule has 0 aromatic heterocycles. The molecule has 1 rings (SSSR count). The zero-order valence-corrected chi connectivity index (χ0v) is 9.99. The molecule has 0 atom stereocenters. The van der Waals surface area contributed by atoms with Crippen LogP contribution in [0.15, 0.2) is 24.3 Å². The average molecular weight is 222 g/mol. The molecule has 0 unspecified atom stereocenters. The summed E-state index contributed by atoms with van der Waals surface area (Å²) >= 11 is 0. The number of hydrogen-bond donors (Lipinski definition) is 1. The van der Waals surface area contributed by atoms with Crippen LogP contribution in [0.4, 0.5) is 0 Å². The number of hydrogen-bond acceptors (Lipinski definition) is 2. The molecule has 0 aliphatic heterocycles. The van der Waals surface area contributed by atoms with Gasteiger partial charge in [0.25, 0.3) is 0 Å². The normalized spacial score (nSPS) is 11.2. The van der Waals surface area contributed by atoms with Crippen LogP contribution in [0.5, 0.6) is 5.75 Å². The SMILES string of the molecule is CCOc1ccc(CC(C)(C)C(=O)O)cc1. The first kappa shape index (κ1) is 12.6.